The first-order chi connectivity index (χ1) is 12.0. The van der Waals surface area contributed by atoms with E-state index in [4.69, 9.17) is 19.9 Å². The number of thioether (sulfide) groups is 1. The van der Waals surface area contributed by atoms with E-state index in [9.17, 15) is 4.79 Å². The van der Waals surface area contributed by atoms with E-state index in [-0.39, 0.29) is 5.78 Å². The molecule has 2 N–H and O–H groups in total. The van der Waals surface area contributed by atoms with Crippen LogP contribution in [0.4, 0.5) is 5.69 Å². The van der Waals surface area contributed by atoms with Crippen LogP contribution in [0.1, 0.15) is 23.7 Å². The smallest absolute Gasteiger partial charge is 0.207 e. The molecule has 134 valence electrons. The van der Waals surface area contributed by atoms with Crippen molar-refractivity contribution >= 4 is 23.2 Å². The molecular weight excluding hydrogens is 338 g/mol. The van der Waals surface area contributed by atoms with Crippen molar-refractivity contribution in [2.45, 2.75) is 24.3 Å². The lowest BCUT2D eigenvalue weighted by Crippen LogP contribution is -2.27. The summed E-state index contributed by atoms with van der Waals surface area (Å²) in [5.74, 6) is 1.45. The molecule has 1 unspecified atom stereocenters. The van der Waals surface area contributed by atoms with Gasteiger partial charge in [0.1, 0.15) is 17.2 Å². The Morgan fingerprint density at radius 1 is 1.12 bits per heavy atom. The molecule has 0 aliphatic heterocycles. The fourth-order valence-corrected chi connectivity index (χ4v) is 3.03. The van der Waals surface area contributed by atoms with Gasteiger partial charge in [0.05, 0.1) is 30.4 Å². The van der Waals surface area contributed by atoms with Gasteiger partial charge in [0.25, 0.3) is 0 Å². The quantitative estimate of drug-likeness (QED) is 0.434. The van der Waals surface area contributed by atoms with Crippen molar-refractivity contribution in [2.24, 2.45) is 0 Å². The molecule has 0 aliphatic carbocycles. The normalized spacial score (nSPS) is 11.7. The Balaban J connectivity index is 2.38. The van der Waals surface area contributed by atoms with Crippen LogP contribution in [0.2, 0.25) is 0 Å². The third kappa shape index (κ3) is 4.20. The summed E-state index contributed by atoms with van der Waals surface area (Å²) in [5, 5.41) is 0. The number of carbonyl (C=O) groups excluding carboxylic acids is 1. The number of hydrogen-bond acceptors (Lipinski definition) is 6. The summed E-state index contributed by atoms with van der Waals surface area (Å²) in [4.78, 5) is 13.9. The predicted molar refractivity (Wildman–Crippen MR) is 101 cm³/mol. The van der Waals surface area contributed by atoms with Crippen LogP contribution in [-0.4, -0.2) is 32.4 Å². The fraction of sp³-hybridized carbons (Fsp3) is 0.316. The number of carbonyl (C=O) groups is 1. The van der Waals surface area contributed by atoms with Crippen molar-refractivity contribution in [3.05, 3.63) is 42.0 Å². The lowest BCUT2D eigenvalue weighted by Gasteiger charge is -2.20. The van der Waals surface area contributed by atoms with E-state index >= 15 is 0 Å². The molecule has 0 fully saturated rings. The lowest BCUT2D eigenvalue weighted by molar-refractivity contribution is 0.0784. The highest BCUT2D eigenvalue weighted by Gasteiger charge is 2.25. The number of nitrogens with two attached hydrogens (primary N) is 1. The van der Waals surface area contributed by atoms with Gasteiger partial charge in [-0.05, 0) is 36.9 Å². The Morgan fingerprint density at radius 2 is 1.80 bits per heavy atom. The van der Waals surface area contributed by atoms with Crippen LogP contribution in [0, 0.1) is 0 Å². The summed E-state index contributed by atoms with van der Waals surface area (Å²) in [6.45, 7) is 1.89. The number of ketones is 1. The van der Waals surface area contributed by atoms with Crippen LogP contribution < -0.4 is 19.9 Å². The molecule has 0 saturated carbocycles. The molecule has 1 atom stereocenters. The minimum atomic E-state index is -0.663. The molecule has 0 amide bonds. The molecule has 6 heteroatoms. The first-order valence-corrected chi connectivity index (χ1v) is 9.13. The standard InChI is InChI=1S/C19H23NO4S/c1-5-14(24-15-9-7-6-8-13(15)20)19(21)12-10-17(23-3)18(25-4)11-16(12)22-2/h6-11,14H,5,20H2,1-4H3. The molecule has 5 nitrogen and oxygen atoms in total. The van der Waals surface area contributed by atoms with Crippen LogP contribution in [0.25, 0.3) is 0 Å². The van der Waals surface area contributed by atoms with Crippen molar-refractivity contribution in [3.63, 3.8) is 0 Å². The summed E-state index contributed by atoms with van der Waals surface area (Å²) in [7, 11) is 3.12. The average molecular weight is 361 g/mol. The summed E-state index contributed by atoms with van der Waals surface area (Å²) in [5.41, 5.74) is 6.84. The van der Waals surface area contributed by atoms with Crippen LogP contribution in [0.15, 0.2) is 41.3 Å². The van der Waals surface area contributed by atoms with Crippen molar-refractivity contribution in [2.75, 3.05) is 26.2 Å². The first-order valence-electron chi connectivity index (χ1n) is 7.91. The zero-order valence-corrected chi connectivity index (χ0v) is 15.7. The molecule has 2 rings (SSSR count). The van der Waals surface area contributed by atoms with Crippen LogP contribution in [0.5, 0.6) is 17.2 Å². The van der Waals surface area contributed by atoms with E-state index in [2.05, 4.69) is 0 Å². The maximum Gasteiger partial charge on any atom is 0.207 e. The Labute approximate surface area is 152 Å². The van der Waals surface area contributed by atoms with Gasteiger partial charge in [-0.2, -0.15) is 0 Å². The van der Waals surface area contributed by atoms with E-state index < -0.39 is 6.10 Å². The number of ether oxygens (including phenoxy) is 3. The number of Topliss-reactive ketones (excluding diaryl/α,β-unsaturated/α-hetero) is 1. The highest BCUT2D eigenvalue weighted by atomic mass is 32.2. The molecule has 0 aliphatic rings. The largest absolute Gasteiger partial charge is 0.496 e. The van der Waals surface area contributed by atoms with Crippen LogP contribution in [-0.2, 0) is 0 Å². The predicted octanol–water partition coefficient (Wildman–Crippen LogP) is 4.05. The maximum absolute atomic E-state index is 13.0. The second-order valence-electron chi connectivity index (χ2n) is 5.32. The Morgan fingerprint density at radius 3 is 2.36 bits per heavy atom. The fourth-order valence-electron chi connectivity index (χ4n) is 2.46. The van der Waals surface area contributed by atoms with Crippen molar-refractivity contribution in [1.82, 2.24) is 0 Å². The van der Waals surface area contributed by atoms with Crippen LogP contribution >= 0.6 is 11.8 Å². The monoisotopic (exact) mass is 361 g/mol. The molecule has 0 aromatic heterocycles. The lowest BCUT2D eigenvalue weighted by atomic mass is 10.0. The molecule has 0 saturated heterocycles. The number of anilines is 1. The van der Waals surface area contributed by atoms with Crippen LogP contribution in [0.3, 0.4) is 0 Å². The van der Waals surface area contributed by atoms with E-state index in [1.165, 1.54) is 11.8 Å². The molecule has 0 bridgehead atoms. The van der Waals surface area contributed by atoms with E-state index in [0.717, 1.165) is 4.90 Å². The number of para-hydroxylation sites is 2. The molecule has 2 aromatic rings. The molecule has 0 radical (unpaired) electrons. The van der Waals surface area contributed by atoms with Crippen molar-refractivity contribution < 1.29 is 19.0 Å². The third-order valence-electron chi connectivity index (χ3n) is 3.82. The second-order valence-corrected chi connectivity index (χ2v) is 6.17. The van der Waals surface area contributed by atoms with E-state index in [1.54, 1.807) is 38.5 Å². The third-order valence-corrected chi connectivity index (χ3v) is 4.58. The average Bonchev–Trinajstić information content (AvgIpc) is 2.65. The molecule has 0 heterocycles. The summed E-state index contributed by atoms with van der Waals surface area (Å²) in [6, 6.07) is 10.6. The SMILES string of the molecule is CCC(Oc1ccccc1N)C(=O)c1cc(OC)c(SC)cc1OC. The van der Waals surface area contributed by atoms with Gasteiger partial charge in [0.2, 0.25) is 5.78 Å². The molecule has 2 aromatic carbocycles. The first kappa shape index (κ1) is 19.0. The minimum absolute atomic E-state index is 0.173. The van der Waals surface area contributed by atoms with Crippen molar-refractivity contribution in [1.29, 1.82) is 0 Å². The Kier molecular flexibility index (Phi) is 6.58. The van der Waals surface area contributed by atoms with Gasteiger partial charge in [-0.15, -0.1) is 11.8 Å². The Hall–Kier alpha value is -2.34. The molecule has 0 spiro atoms. The molecule has 25 heavy (non-hydrogen) atoms. The number of methoxy groups -OCH3 is 2. The van der Waals surface area contributed by atoms with Crippen molar-refractivity contribution in [3.8, 4) is 17.2 Å². The zero-order chi connectivity index (χ0) is 18.4. The van der Waals surface area contributed by atoms with Gasteiger partial charge in [-0.1, -0.05) is 19.1 Å². The Bertz CT molecular complexity index is 748. The number of hydrogen-bond donors (Lipinski definition) is 1. The summed E-state index contributed by atoms with van der Waals surface area (Å²) < 4.78 is 16.7. The topological polar surface area (TPSA) is 70.8 Å². The maximum atomic E-state index is 13.0. The summed E-state index contributed by atoms with van der Waals surface area (Å²) in [6.07, 6.45) is 1.78. The van der Waals surface area contributed by atoms with E-state index in [0.29, 0.717) is 34.9 Å². The van der Waals surface area contributed by atoms with Gasteiger partial charge in [-0.25, -0.2) is 0 Å². The number of rotatable bonds is 8. The summed E-state index contributed by atoms with van der Waals surface area (Å²) >= 11 is 1.52. The van der Waals surface area contributed by atoms with Gasteiger partial charge in [-0.3, -0.25) is 4.79 Å². The second kappa shape index (κ2) is 8.67. The molecular formula is C19H23NO4S. The van der Waals surface area contributed by atoms with Gasteiger partial charge < -0.3 is 19.9 Å². The van der Waals surface area contributed by atoms with Gasteiger partial charge in [0, 0.05) is 0 Å². The van der Waals surface area contributed by atoms with E-state index in [1.807, 2.05) is 25.3 Å². The minimum Gasteiger partial charge on any atom is -0.496 e. The zero-order valence-electron chi connectivity index (χ0n) is 14.9. The van der Waals surface area contributed by atoms with Gasteiger partial charge in [0.15, 0.2) is 6.10 Å². The number of benzene rings is 2. The number of nitrogen functional groups attached to an aromatic ring is 1. The van der Waals surface area contributed by atoms with Gasteiger partial charge >= 0.3 is 0 Å². The highest BCUT2D eigenvalue weighted by Crippen LogP contribution is 2.35. The highest BCUT2D eigenvalue weighted by molar-refractivity contribution is 7.98.